The number of nitrogens with zero attached hydrogens (tertiary/aromatic N) is 2. The largest absolute Gasteiger partial charge is 0.366 e. The van der Waals surface area contributed by atoms with Crippen molar-refractivity contribution in [1.29, 1.82) is 0 Å². The van der Waals surface area contributed by atoms with Crippen molar-refractivity contribution in [3.8, 4) is 0 Å². The molecular weight excluding hydrogens is 272 g/mol. The molecule has 3 rings (SSSR count). The summed E-state index contributed by atoms with van der Waals surface area (Å²) in [7, 11) is 0. The zero-order chi connectivity index (χ0) is 15.0. The molecule has 0 atom stereocenters. The number of piperidine rings is 1. The lowest BCUT2D eigenvalue weighted by atomic mass is 9.99. The number of nitrogens with two attached hydrogens (primary N) is 1. The molecule has 0 radical (unpaired) electrons. The normalized spacial score (nSPS) is 19.1. The molecule has 3 N–H and O–H groups in total. The van der Waals surface area contributed by atoms with Crippen LogP contribution in [0.4, 0.5) is 17.1 Å². The number of anilines is 2. The van der Waals surface area contributed by atoms with Gasteiger partial charge in [0.2, 0.25) is 5.91 Å². The Hall–Kier alpha value is -2.15. The van der Waals surface area contributed by atoms with E-state index in [1.807, 2.05) is 11.0 Å². The molecule has 0 bridgehead atoms. The van der Waals surface area contributed by atoms with Crippen molar-refractivity contribution < 1.29 is 9.72 Å². The second-order valence-corrected chi connectivity index (χ2v) is 5.63. The van der Waals surface area contributed by atoms with Gasteiger partial charge in [-0.3, -0.25) is 14.9 Å². The highest BCUT2D eigenvalue weighted by Gasteiger charge is 2.27. The molecule has 0 aliphatic carbocycles. The highest BCUT2D eigenvalue weighted by atomic mass is 16.6. The van der Waals surface area contributed by atoms with E-state index in [0.29, 0.717) is 24.2 Å². The molecule has 2 aliphatic rings. The molecule has 0 unspecified atom stereocenters. The minimum atomic E-state index is -0.384. The van der Waals surface area contributed by atoms with Gasteiger partial charge in [0.05, 0.1) is 10.6 Å². The maximum Gasteiger partial charge on any atom is 0.294 e. The number of benzene rings is 1. The number of amides is 1. The number of aryl methyl sites for hydroxylation is 1. The van der Waals surface area contributed by atoms with Crippen LogP contribution in [-0.4, -0.2) is 30.0 Å². The zero-order valence-corrected chi connectivity index (χ0v) is 11.7. The highest BCUT2D eigenvalue weighted by Crippen LogP contribution is 2.37. The van der Waals surface area contributed by atoms with Gasteiger partial charge in [-0.05, 0) is 30.9 Å². The molecule has 0 aromatic heterocycles. The third-order valence-corrected chi connectivity index (χ3v) is 4.17. The Balaban J connectivity index is 1.98. The van der Waals surface area contributed by atoms with Crippen molar-refractivity contribution in [2.75, 3.05) is 23.3 Å². The van der Waals surface area contributed by atoms with Gasteiger partial charge in [-0.15, -0.1) is 0 Å². The lowest BCUT2D eigenvalue weighted by Gasteiger charge is -2.32. The van der Waals surface area contributed by atoms with E-state index in [0.717, 1.165) is 31.5 Å². The fraction of sp³-hybridized carbons (Fsp3) is 0.500. The molecule has 0 saturated carbocycles. The van der Waals surface area contributed by atoms with Gasteiger partial charge in [-0.25, -0.2) is 0 Å². The van der Waals surface area contributed by atoms with Gasteiger partial charge in [0.1, 0.15) is 5.69 Å². The molecule has 2 aliphatic heterocycles. The third kappa shape index (κ3) is 2.69. The van der Waals surface area contributed by atoms with Crippen LogP contribution in [-0.2, 0) is 11.2 Å². The first-order valence-electron chi connectivity index (χ1n) is 7.16. The summed E-state index contributed by atoms with van der Waals surface area (Å²) >= 11 is 0. The van der Waals surface area contributed by atoms with Crippen LogP contribution in [0.3, 0.4) is 0 Å². The van der Waals surface area contributed by atoms with Crippen LogP contribution in [0.2, 0.25) is 0 Å². The zero-order valence-electron chi connectivity index (χ0n) is 11.7. The fourth-order valence-corrected chi connectivity index (χ4v) is 2.94. The standard InChI is InChI=1S/C14H18N4O3/c15-10-3-5-17(6-4-10)12-7-9-1-2-14(19)16-11(9)8-13(12)18(20)21/h7-8,10H,1-6,15H2,(H,16,19). The van der Waals surface area contributed by atoms with Crippen molar-refractivity contribution in [2.24, 2.45) is 5.73 Å². The van der Waals surface area contributed by atoms with Gasteiger partial charge >= 0.3 is 0 Å². The maximum atomic E-state index is 11.4. The van der Waals surface area contributed by atoms with Crippen molar-refractivity contribution >= 4 is 23.0 Å². The fourth-order valence-electron chi connectivity index (χ4n) is 2.94. The summed E-state index contributed by atoms with van der Waals surface area (Å²) in [6, 6.07) is 3.51. The summed E-state index contributed by atoms with van der Waals surface area (Å²) in [4.78, 5) is 24.4. The molecule has 112 valence electrons. The van der Waals surface area contributed by atoms with Crippen LogP contribution in [0.1, 0.15) is 24.8 Å². The average Bonchev–Trinajstić information content (AvgIpc) is 2.46. The topological polar surface area (TPSA) is 102 Å². The number of rotatable bonds is 2. The smallest absolute Gasteiger partial charge is 0.294 e. The number of fused-ring (bicyclic) bond motifs is 1. The monoisotopic (exact) mass is 290 g/mol. The first kappa shape index (κ1) is 13.8. The van der Waals surface area contributed by atoms with Crippen molar-refractivity contribution in [3.05, 3.63) is 27.8 Å². The molecule has 1 aromatic carbocycles. The molecule has 7 nitrogen and oxygen atoms in total. The predicted molar refractivity (Wildman–Crippen MR) is 79.5 cm³/mol. The third-order valence-electron chi connectivity index (χ3n) is 4.17. The quantitative estimate of drug-likeness (QED) is 0.633. The van der Waals surface area contributed by atoms with Gasteiger partial charge in [-0.2, -0.15) is 0 Å². The summed E-state index contributed by atoms with van der Waals surface area (Å²) in [5, 5.41) is 14.0. The summed E-state index contributed by atoms with van der Waals surface area (Å²) in [6.45, 7) is 1.46. The Morgan fingerprint density at radius 2 is 2.00 bits per heavy atom. The predicted octanol–water partition coefficient (Wildman–Crippen LogP) is 1.41. The minimum Gasteiger partial charge on any atom is -0.366 e. The van der Waals surface area contributed by atoms with Crippen molar-refractivity contribution in [1.82, 2.24) is 0 Å². The molecule has 7 heteroatoms. The van der Waals surface area contributed by atoms with E-state index in [9.17, 15) is 14.9 Å². The first-order chi connectivity index (χ1) is 10.0. The number of hydrogen-bond donors (Lipinski definition) is 2. The van der Waals surface area contributed by atoms with Crippen LogP contribution in [0.5, 0.6) is 0 Å². The van der Waals surface area contributed by atoms with E-state index in [1.54, 1.807) is 0 Å². The number of carbonyl (C=O) groups is 1. The number of nitro groups is 1. The maximum absolute atomic E-state index is 11.4. The molecular formula is C14H18N4O3. The Bertz CT molecular complexity index is 594. The van der Waals surface area contributed by atoms with Gasteiger partial charge in [-0.1, -0.05) is 0 Å². The van der Waals surface area contributed by atoms with Gasteiger partial charge in [0, 0.05) is 31.6 Å². The molecule has 1 fully saturated rings. The number of hydrogen-bond acceptors (Lipinski definition) is 5. The summed E-state index contributed by atoms with van der Waals surface area (Å²) in [5.74, 6) is -0.0894. The molecule has 21 heavy (non-hydrogen) atoms. The van der Waals surface area contributed by atoms with Gasteiger partial charge < -0.3 is 16.0 Å². The van der Waals surface area contributed by atoms with Crippen LogP contribution >= 0.6 is 0 Å². The van der Waals surface area contributed by atoms with E-state index >= 15 is 0 Å². The molecule has 2 heterocycles. The lowest BCUT2D eigenvalue weighted by molar-refractivity contribution is -0.384. The molecule has 1 aromatic rings. The number of nitro benzene ring substituents is 1. The molecule has 0 spiro atoms. The Kier molecular flexibility index (Phi) is 3.50. The Labute approximate surface area is 122 Å². The summed E-state index contributed by atoms with van der Waals surface area (Å²) in [5.41, 5.74) is 8.11. The second kappa shape index (κ2) is 5.33. The summed E-state index contributed by atoms with van der Waals surface area (Å²) < 4.78 is 0. The van der Waals surface area contributed by atoms with E-state index in [-0.39, 0.29) is 22.6 Å². The van der Waals surface area contributed by atoms with Crippen LogP contribution < -0.4 is 16.0 Å². The van der Waals surface area contributed by atoms with E-state index in [4.69, 9.17) is 5.73 Å². The Morgan fingerprint density at radius 1 is 1.29 bits per heavy atom. The lowest BCUT2D eigenvalue weighted by Crippen LogP contribution is -2.40. The van der Waals surface area contributed by atoms with Gasteiger partial charge in [0.25, 0.3) is 5.69 Å². The van der Waals surface area contributed by atoms with Crippen molar-refractivity contribution in [3.63, 3.8) is 0 Å². The minimum absolute atomic E-state index is 0.0476. The van der Waals surface area contributed by atoms with Crippen LogP contribution in [0, 0.1) is 10.1 Å². The second-order valence-electron chi connectivity index (χ2n) is 5.63. The molecule has 1 saturated heterocycles. The number of nitrogens with one attached hydrogen (secondary N) is 1. The van der Waals surface area contributed by atoms with E-state index in [1.165, 1.54) is 6.07 Å². The van der Waals surface area contributed by atoms with Crippen LogP contribution in [0.25, 0.3) is 0 Å². The van der Waals surface area contributed by atoms with Gasteiger partial charge in [0.15, 0.2) is 0 Å². The summed E-state index contributed by atoms with van der Waals surface area (Å²) in [6.07, 6.45) is 2.73. The first-order valence-corrected chi connectivity index (χ1v) is 7.16. The SMILES string of the molecule is NC1CCN(c2cc3c(cc2[N+](=O)[O-])NC(=O)CC3)CC1. The van der Waals surface area contributed by atoms with Crippen molar-refractivity contribution in [2.45, 2.75) is 31.7 Å². The van der Waals surface area contributed by atoms with Crippen LogP contribution in [0.15, 0.2) is 12.1 Å². The average molecular weight is 290 g/mol. The van der Waals surface area contributed by atoms with E-state index in [2.05, 4.69) is 5.32 Å². The number of carbonyl (C=O) groups excluding carboxylic acids is 1. The Morgan fingerprint density at radius 3 is 2.67 bits per heavy atom. The van der Waals surface area contributed by atoms with E-state index < -0.39 is 0 Å². The highest BCUT2D eigenvalue weighted by molar-refractivity contribution is 5.95. The molecule has 1 amide bonds.